The first-order valence-corrected chi connectivity index (χ1v) is 9.96. The largest absolute Gasteiger partial charge is 0.480 e. The van der Waals surface area contributed by atoms with Crippen LogP contribution in [0.4, 0.5) is 0 Å². The number of ketones is 1. The molecule has 2 aromatic rings. The van der Waals surface area contributed by atoms with E-state index >= 15 is 0 Å². The average molecular weight is 416 g/mol. The Balaban J connectivity index is 2.26. The van der Waals surface area contributed by atoms with Crippen molar-refractivity contribution in [1.29, 1.82) is 0 Å². The molecule has 1 heterocycles. The molecule has 29 heavy (non-hydrogen) atoms. The van der Waals surface area contributed by atoms with Crippen molar-refractivity contribution in [3.8, 4) is 0 Å². The highest BCUT2D eigenvalue weighted by atomic mass is 32.2. The lowest BCUT2D eigenvalue weighted by Crippen LogP contribution is -2.43. The lowest BCUT2D eigenvalue weighted by Gasteiger charge is -2.12. The minimum absolute atomic E-state index is 0.143. The first kappa shape index (κ1) is 22.4. The van der Waals surface area contributed by atoms with Gasteiger partial charge in [-0.25, -0.2) is 4.79 Å². The molecule has 0 aliphatic rings. The van der Waals surface area contributed by atoms with E-state index < -0.39 is 24.5 Å². The Morgan fingerprint density at radius 1 is 1.24 bits per heavy atom. The molecule has 0 saturated carbocycles. The fourth-order valence-electron chi connectivity index (χ4n) is 2.55. The number of hydrogen-bond donors (Lipinski definition) is 4. The molecular weight excluding hydrogens is 392 g/mol. The van der Waals surface area contributed by atoms with E-state index in [1.165, 1.54) is 12.3 Å². The fourth-order valence-corrected chi connectivity index (χ4v) is 3.51. The molecule has 0 saturated heterocycles. The van der Waals surface area contributed by atoms with Gasteiger partial charge in [-0.05, 0) is 31.7 Å². The van der Waals surface area contributed by atoms with Crippen LogP contribution < -0.4 is 5.32 Å². The number of Topliss-reactive ketones (excluding diaryl/α,β-unsaturated/α-hetero) is 1. The Labute approximate surface area is 172 Å². The zero-order valence-corrected chi connectivity index (χ0v) is 17.3. The predicted octanol–water partition coefficient (Wildman–Crippen LogP) is 3.23. The molecule has 1 unspecified atom stereocenters. The van der Waals surface area contributed by atoms with Crippen LogP contribution in [0.5, 0.6) is 0 Å². The Hall–Kier alpha value is -2.84. The maximum Gasteiger partial charge on any atom is 0.328 e. The summed E-state index contributed by atoms with van der Waals surface area (Å²) in [6.45, 7) is 4.62. The van der Waals surface area contributed by atoms with E-state index in [4.69, 9.17) is 10.2 Å². The number of H-pyrrole nitrogens is 1. The van der Waals surface area contributed by atoms with Gasteiger partial charge in [-0.2, -0.15) is 0 Å². The number of allylic oxidation sites excluding steroid dienone is 2. The molecular formula is C21H24N2O5S. The number of aromatic nitrogens is 1. The Bertz CT molecular complexity index is 990. The number of para-hydroxylation sites is 1. The highest BCUT2D eigenvalue weighted by molar-refractivity contribution is 8.06. The summed E-state index contributed by atoms with van der Waals surface area (Å²) >= 11 is 1.13. The molecule has 7 nitrogen and oxygen atoms in total. The molecule has 0 radical (unpaired) electrons. The highest BCUT2D eigenvalue weighted by Gasteiger charge is 2.21. The third kappa shape index (κ3) is 5.36. The summed E-state index contributed by atoms with van der Waals surface area (Å²) in [5.74, 6) is -2.08. The summed E-state index contributed by atoms with van der Waals surface area (Å²) in [6, 6.07) is 6.14. The van der Waals surface area contributed by atoms with Gasteiger partial charge in [0.25, 0.3) is 0 Å². The van der Waals surface area contributed by atoms with Crippen LogP contribution >= 0.6 is 11.8 Å². The summed E-state index contributed by atoms with van der Waals surface area (Å²) in [7, 11) is 0. The van der Waals surface area contributed by atoms with Crippen LogP contribution in [0.25, 0.3) is 10.9 Å². The molecule has 8 heteroatoms. The molecule has 0 bridgehead atoms. The van der Waals surface area contributed by atoms with Crippen LogP contribution in [0.3, 0.4) is 0 Å². The summed E-state index contributed by atoms with van der Waals surface area (Å²) in [6.07, 6.45) is 2.35. The van der Waals surface area contributed by atoms with Crippen molar-refractivity contribution in [2.75, 3.05) is 6.61 Å². The summed E-state index contributed by atoms with van der Waals surface area (Å²) in [4.78, 5) is 39.9. The topological polar surface area (TPSA) is 119 Å². The molecule has 0 aliphatic carbocycles. The normalized spacial score (nSPS) is 13.7. The number of aliphatic hydroxyl groups is 1. The second-order valence-electron chi connectivity index (χ2n) is 6.51. The van der Waals surface area contributed by atoms with E-state index in [0.717, 1.165) is 28.2 Å². The van der Waals surface area contributed by atoms with Crippen molar-refractivity contribution >= 4 is 40.3 Å². The average Bonchev–Trinajstić information content (AvgIpc) is 3.15. The number of amides is 1. The van der Waals surface area contributed by atoms with E-state index in [2.05, 4.69) is 10.3 Å². The van der Waals surface area contributed by atoms with Gasteiger partial charge in [-0.1, -0.05) is 42.5 Å². The fraction of sp³-hybridized carbons (Fsp3) is 0.286. The summed E-state index contributed by atoms with van der Waals surface area (Å²) in [5, 5.41) is 22.6. The third-order valence-electron chi connectivity index (χ3n) is 4.46. The zero-order chi connectivity index (χ0) is 21.6. The van der Waals surface area contributed by atoms with E-state index in [1.807, 2.05) is 38.1 Å². The van der Waals surface area contributed by atoms with E-state index in [-0.39, 0.29) is 11.4 Å². The van der Waals surface area contributed by atoms with Gasteiger partial charge in [0.1, 0.15) is 0 Å². The van der Waals surface area contributed by atoms with Crippen LogP contribution in [-0.4, -0.2) is 45.5 Å². The molecule has 0 spiro atoms. The Morgan fingerprint density at radius 2 is 1.93 bits per heavy atom. The van der Waals surface area contributed by atoms with E-state index in [1.54, 1.807) is 6.20 Å². The van der Waals surface area contributed by atoms with Gasteiger partial charge in [0.2, 0.25) is 11.7 Å². The molecule has 0 fully saturated rings. The number of rotatable bonds is 9. The minimum Gasteiger partial charge on any atom is -0.480 e. The number of benzene rings is 1. The van der Waals surface area contributed by atoms with Gasteiger partial charge in [0.15, 0.2) is 6.04 Å². The highest BCUT2D eigenvalue weighted by Crippen LogP contribution is 2.30. The van der Waals surface area contributed by atoms with Crippen molar-refractivity contribution < 1.29 is 24.6 Å². The monoisotopic (exact) mass is 416 g/mol. The third-order valence-corrected chi connectivity index (χ3v) is 5.70. The van der Waals surface area contributed by atoms with Crippen LogP contribution in [0, 0.1) is 0 Å². The predicted molar refractivity (Wildman–Crippen MR) is 114 cm³/mol. The van der Waals surface area contributed by atoms with Gasteiger partial charge >= 0.3 is 5.97 Å². The molecule has 1 aromatic carbocycles. The quantitative estimate of drug-likeness (QED) is 0.368. The molecule has 154 valence electrons. The van der Waals surface area contributed by atoms with Crippen molar-refractivity contribution in [2.24, 2.45) is 0 Å². The Kier molecular flexibility index (Phi) is 7.81. The number of nitrogens with one attached hydrogen (secondary N) is 2. The van der Waals surface area contributed by atoms with Gasteiger partial charge in [-0.15, -0.1) is 0 Å². The Morgan fingerprint density at radius 3 is 2.55 bits per heavy atom. The maximum absolute atomic E-state index is 13.2. The maximum atomic E-state index is 13.2. The van der Waals surface area contributed by atoms with Gasteiger partial charge in [0.05, 0.1) is 11.5 Å². The molecule has 4 N–H and O–H groups in total. The van der Waals surface area contributed by atoms with Gasteiger partial charge < -0.3 is 20.5 Å². The van der Waals surface area contributed by atoms with Crippen molar-refractivity contribution in [1.82, 2.24) is 10.3 Å². The molecule has 1 aromatic heterocycles. The number of aliphatic hydroxyl groups excluding tert-OH is 1. The smallest absolute Gasteiger partial charge is 0.328 e. The van der Waals surface area contributed by atoms with Crippen molar-refractivity contribution in [3.63, 3.8) is 0 Å². The summed E-state index contributed by atoms with van der Waals surface area (Å²) in [5.41, 5.74) is 2.54. The lowest BCUT2D eigenvalue weighted by molar-refractivity contribution is -0.142. The number of carbonyl (C=O) groups excluding carboxylic acids is 2. The molecule has 2 rings (SSSR count). The standard InChI is InChI=1S/C21H24N2O5S/c1-4-12(2)19(18(25)15-9-22-16-8-6-5-7-14(15)16)29-11-13(3)20(26)23-17(10-24)21(27)28/h5-9,11,17,22,24H,4,10H2,1-3H3,(H,23,26)(H,27,28)/b13-11+,19-12-. The number of thioether (sulfide) groups is 1. The lowest BCUT2D eigenvalue weighted by atomic mass is 10.1. The second kappa shape index (κ2) is 10.1. The van der Waals surface area contributed by atoms with Crippen LogP contribution in [0.15, 0.2) is 51.9 Å². The van der Waals surface area contributed by atoms with Crippen LogP contribution in [0.2, 0.25) is 0 Å². The number of carboxylic acid groups (broad SMARTS) is 1. The van der Waals surface area contributed by atoms with Crippen molar-refractivity contribution in [3.05, 3.63) is 57.5 Å². The molecule has 0 aliphatic heterocycles. The summed E-state index contributed by atoms with van der Waals surface area (Å²) < 4.78 is 0. The first-order valence-electron chi connectivity index (χ1n) is 9.08. The second-order valence-corrected chi connectivity index (χ2v) is 7.39. The molecule has 1 amide bonds. The van der Waals surface area contributed by atoms with Gasteiger partial charge in [0, 0.05) is 28.2 Å². The number of carbonyl (C=O) groups is 3. The number of aromatic amines is 1. The van der Waals surface area contributed by atoms with E-state index in [9.17, 15) is 14.4 Å². The SMILES string of the molecule is CC/C(C)=C(\S/C=C(\C)C(=O)NC(CO)C(=O)O)C(=O)c1c[nH]c2ccccc12. The van der Waals surface area contributed by atoms with Crippen molar-refractivity contribution in [2.45, 2.75) is 33.2 Å². The van der Waals surface area contributed by atoms with Crippen LogP contribution in [0.1, 0.15) is 37.6 Å². The number of fused-ring (bicyclic) bond motifs is 1. The first-order chi connectivity index (χ1) is 13.8. The van der Waals surface area contributed by atoms with Crippen LogP contribution in [-0.2, 0) is 9.59 Å². The number of hydrogen-bond acceptors (Lipinski definition) is 5. The number of aliphatic carboxylic acids is 1. The minimum atomic E-state index is -1.38. The zero-order valence-electron chi connectivity index (χ0n) is 16.5. The van der Waals surface area contributed by atoms with Gasteiger partial charge in [-0.3, -0.25) is 9.59 Å². The number of carboxylic acids is 1. The molecule has 1 atom stereocenters. The van der Waals surface area contributed by atoms with E-state index in [0.29, 0.717) is 16.9 Å².